The Morgan fingerprint density at radius 2 is 1.67 bits per heavy atom. The lowest BCUT2D eigenvalue weighted by molar-refractivity contribution is -0.127. The summed E-state index contributed by atoms with van der Waals surface area (Å²) in [5.41, 5.74) is 1.58. The Kier molecular flexibility index (Phi) is 6.01. The van der Waals surface area contributed by atoms with E-state index in [1.54, 1.807) is 24.1 Å². The average Bonchev–Trinajstić information content (AvgIpc) is 2.72. The molecule has 160 valence electrons. The third-order valence-corrected chi connectivity index (χ3v) is 5.68. The van der Waals surface area contributed by atoms with Crippen LogP contribution in [0.2, 0.25) is 0 Å². The largest absolute Gasteiger partial charge is 0.487 e. The summed E-state index contributed by atoms with van der Waals surface area (Å²) in [5.74, 6) is 0.455. The van der Waals surface area contributed by atoms with Crippen LogP contribution in [0.25, 0.3) is 0 Å². The van der Waals surface area contributed by atoms with E-state index in [-0.39, 0.29) is 30.5 Å². The topological polar surface area (TPSA) is 59.0 Å². The molecule has 7 heteroatoms. The number of hydrogen-bond acceptors (Lipinski definition) is 5. The molecule has 0 saturated carbocycles. The molecule has 0 radical (unpaired) electrons. The number of halogens is 2. The average molecular weight is 417 g/mol. The van der Waals surface area contributed by atoms with Crippen LogP contribution in [0.3, 0.4) is 0 Å². The van der Waals surface area contributed by atoms with Crippen LogP contribution < -0.4 is 9.47 Å². The maximum atomic E-state index is 13.3. The van der Waals surface area contributed by atoms with E-state index < -0.39 is 18.3 Å². The molecule has 2 aliphatic rings. The Morgan fingerprint density at radius 3 is 2.33 bits per heavy atom. The Bertz CT molecular complexity index is 935. The van der Waals surface area contributed by atoms with Crippen molar-refractivity contribution >= 4 is 5.78 Å². The van der Waals surface area contributed by atoms with Gasteiger partial charge in [0.25, 0.3) is 0 Å². The summed E-state index contributed by atoms with van der Waals surface area (Å²) in [7, 11) is 1.76. The third-order valence-electron chi connectivity index (χ3n) is 5.68. The first kappa shape index (κ1) is 20.8. The van der Waals surface area contributed by atoms with Gasteiger partial charge in [-0.1, -0.05) is 0 Å². The molecule has 0 aliphatic carbocycles. The molecular weight excluding hydrogens is 392 g/mol. The van der Waals surface area contributed by atoms with Crippen LogP contribution in [0.4, 0.5) is 8.78 Å². The normalized spacial score (nSPS) is 21.2. The molecule has 2 aliphatic heterocycles. The van der Waals surface area contributed by atoms with Gasteiger partial charge < -0.3 is 14.6 Å². The quantitative estimate of drug-likeness (QED) is 0.783. The van der Waals surface area contributed by atoms with Crippen molar-refractivity contribution in [3.8, 4) is 11.5 Å². The highest BCUT2D eigenvalue weighted by Gasteiger charge is 2.30. The van der Waals surface area contributed by atoms with Crippen molar-refractivity contribution in [2.45, 2.75) is 44.0 Å². The third kappa shape index (κ3) is 4.63. The number of aliphatic hydroxyl groups is 1. The number of benzene rings is 2. The minimum atomic E-state index is -0.781. The van der Waals surface area contributed by atoms with Crippen molar-refractivity contribution in [1.29, 1.82) is 0 Å². The van der Waals surface area contributed by atoms with Crippen molar-refractivity contribution in [2.75, 3.05) is 20.1 Å². The number of nitrogens with zero attached hydrogens (tertiary/aromatic N) is 1. The van der Waals surface area contributed by atoms with Gasteiger partial charge in [-0.05, 0) is 80.3 Å². The van der Waals surface area contributed by atoms with E-state index in [4.69, 9.17) is 9.47 Å². The fourth-order valence-corrected chi connectivity index (χ4v) is 4.10. The fraction of sp³-hybridized carbons (Fsp3) is 0.435. The van der Waals surface area contributed by atoms with E-state index in [1.807, 2.05) is 0 Å². The summed E-state index contributed by atoms with van der Waals surface area (Å²) in [6.45, 7) is 0.397. The predicted molar refractivity (Wildman–Crippen MR) is 107 cm³/mol. The molecule has 0 saturated heterocycles. The lowest BCUT2D eigenvalue weighted by atomic mass is 9.98. The SMILES string of the molecule is CN(CC(=O)C1CCc2cc(F)ccc2O1)CC(O)[C@H]1CCc2cc(F)ccc2O1. The van der Waals surface area contributed by atoms with Gasteiger partial charge in [-0.25, -0.2) is 8.78 Å². The molecule has 2 aromatic carbocycles. The first-order valence-electron chi connectivity index (χ1n) is 10.2. The van der Waals surface area contributed by atoms with Gasteiger partial charge in [-0.15, -0.1) is 0 Å². The number of carbonyl (C=O) groups excluding carboxylic acids is 1. The number of fused-ring (bicyclic) bond motifs is 2. The molecule has 0 bridgehead atoms. The highest BCUT2D eigenvalue weighted by molar-refractivity contribution is 5.85. The Balaban J connectivity index is 1.29. The van der Waals surface area contributed by atoms with Gasteiger partial charge in [0, 0.05) is 6.54 Å². The summed E-state index contributed by atoms with van der Waals surface area (Å²) >= 11 is 0. The highest BCUT2D eigenvalue weighted by Crippen LogP contribution is 2.30. The number of aliphatic hydroxyl groups excluding tert-OH is 1. The monoisotopic (exact) mass is 417 g/mol. The van der Waals surface area contributed by atoms with Crippen molar-refractivity contribution < 1.29 is 28.2 Å². The minimum Gasteiger partial charge on any atom is -0.487 e. The first-order valence-corrected chi connectivity index (χ1v) is 10.2. The van der Waals surface area contributed by atoms with E-state index in [2.05, 4.69) is 0 Å². The first-order chi connectivity index (χ1) is 14.4. The molecule has 5 nitrogen and oxygen atoms in total. The summed E-state index contributed by atoms with van der Waals surface area (Å²) in [6, 6.07) is 8.71. The van der Waals surface area contributed by atoms with Gasteiger partial charge in [0.05, 0.1) is 6.54 Å². The van der Waals surface area contributed by atoms with Crippen LogP contribution in [-0.4, -0.2) is 54.2 Å². The zero-order chi connectivity index (χ0) is 21.3. The van der Waals surface area contributed by atoms with E-state index >= 15 is 0 Å². The Hall–Kier alpha value is -2.51. The molecule has 2 heterocycles. The molecule has 2 unspecified atom stereocenters. The van der Waals surface area contributed by atoms with Gasteiger partial charge >= 0.3 is 0 Å². The zero-order valence-electron chi connectivity index (χ0n) is 16.8. The number of rotatable bonds is 6. The molecule has 0 amide bonds. The molecular formula is C23H25F2NO4. The van der Waals surface area contributed by atoms with Gasteiger partial charge in [0.15, 0.2) is 11.9 Å². The number of ether oxygens (including phenoxy) is 2. The van der Waals surface area contributed by atoms with Crippen molar-refractivity contribution in [3.05, 3.63) is 59.2 Å². The molecule has 2 aromatic rings. The summed E-state index contributed by atoms with van der Waals surface area (Å²) < 4.78 is 38.2. The van der Waals surface area contributed by atoms with Crippen molar-refractivity contribution in [2.24, 2.45) is 0 Å². The molecule has 1 N–H and O–H groups in total. The second kappa shape index (κ2) is 8.70. The molecule has 0 aromatic heterocycles. The Labute approximate surface area is 174 Å². The highest BCUT2D eigenvalue weighted by atomic mass is 19.1. The Morgan fingerprint density at radius 1 is 1.07 bits per heavy atom. The standard InChI is InChI=1S/C23H25F2NO4/c1-26(12-18(27)22-6-2-14-10-16(24)4-8-20(14)29-22)13-19(28)23-7-3-15-11-17(25)5-9-21(15)30-23/h4-5,8-11,18,22-23,27H,2-3,6-7,12-13H2,1H3/t18?,22-,23?/m1/s1. The molecule has 0 spiro atoms. The van der Waals surface area contributed by atoms with Crippen LogP contribution in [0.5, 0.6) is 11.5 Å². The van der Waals surface area contributed by atoms with E-state index in [1.165, 1.54) is 24.3 Å². The zero-order valence-corrected chi connectivity index (χ0v) is 16.8. The number of likely N-dealkylation sites (N-methyl/N-ethyl adjacent to an activating group) is 1. The number of ketones is 1. The number of hydrogen-bond donors (Lipinski definition) is 1. The van der Waals surface area contributed by atoms with Gasteiger partial charge in [0.1, 0.15) is 35.3 Å². The summed E-state index contributed by atoms with van der Waals surface area (Å²) in [4.78, 5) is 14.4. The predicted octanol–water partition coefficient (Wildman–Crippen LogP) is 2.91. The van der Waals surface area contributed by atoms with Crippen LogP contribution in [-0.2, 0) is 17.6 Å². The minimum absolute atomic E-state index is 0.0786. The lowest BCUT2D eigenvalue weighted by Gasteiger charge is -2.32. The van der Waals surface area contributed by atoms with E-state index in [0.717, 1.165) is 11.1 Å². The summed E-state index contributed by atoms with van der Waals surface area (Å²) in [6.07, 6.45) is 0.544. The smallest absolute Gasteiger partial charge is 0.187 e. The lowest BCUT2D eigenvalue weighted by Crippen LogP contribution is -2.45. The molecule has 0 fully saturated rings. The second-order valence-electron chi connectivity index (χ2n) is 8.07. The van der Waals surface area contributed by atoms with Gasteiger partial charge in [0.2, 0.25) is 0 Å². The van der Waals surface area contributed by atoms with Gasteiger partial charge in [-0.3, -0.25) is 9.69 Å². The van der Waals surface area contributed by atoms with Crippen LogP contribution in [0.1, 0.15) is 24.0 Å². The van der Waals surface area contributed by atoms with Crippen LogP contribution in [0, 0.1) is 11.6 Å². The summed E-state index contributed by atoms with van der Waals surface area (Å²) in [5, 5.41) is 10.6. The fourth-order valence-electron chi connectivity index (χ4n) is 4.10. The van der Waals surface area contributed by atoms with Crippen LogP contribution in [0.15, 0.2) is 36.4 Å². The van der Waals surface area contributed by atoms with Crippen LogP contribution >= 0.6 is 0 Å². The maximum absolute atomic E-state index is 13.3. The molecule has 3 atom stereocenters. The number of carbonyl (C=O) groups is 1. The second-order valence-corrected chi connectivity index (χ2v) is 8.07. The van der Waals surface area contributed by atoms with Crippen molar-refractivity contribution in [3.63, 3.8) is 0 Å². The number of aryl methyl sites for hydroxylation is 2. The maximum Gasteiger partial charge on any atom is 0.187 e. The van der Waals surface area contributed by atoms with Gasteiger partial charge in [-0.2, -0.15) is 0 Å². The van der Waals surface area contributed by atoms with E-state index in [9.17, 15) is 18.7 Å². The van der Waals surface area contributed by atoms with E-state index in [0.29, 0.717) is 37.2 Å². The van der Waals surface area contributed by atoms with Crippen molar-refractivity contribution in [1.82, 2.24) is 4.90 Å². The number of Topliss-reactive ketones (excluding diaryl/α,β-unsaturated/α-hetero) is 1. The molecule has 30 heavy (non-hydrogen) atoms. The molecule has 4 rings (SSSR count).